The van der Waals surface area contributed by atoms with Gasteiger partial charge in [0.1, 0.15) is 0 Å². The molecule has 0 fully saturated rings. The maximum Gasteiger partial charge on any atom is 0.218 e. The molecule has 0 saturated heterocycles. The van der Waals surface area contributed by atoms with Gasteiger partial charge in [0.15, 0.2) is 24.8 Å². The average Bonchev–Trinajstić information content (AvgIpc) is 3.04. The van der Waals surface area contributed by atoms with E-state index in [0.717, 1.165) is 8.95 Å². The van der Waals surface area contributed by atoms with Crippen molar-refractivity contribution in [3.63, 3.8) is 0 Å². The van der Waals surface area contributed by atoms with Gasteiger partial charge in [-0.1, -0.05) is 68.3 Å². The first-order valence-electron chi connectivity index (χ1n) is 13.9. The van der Waals surface area contributed by atoms with Crippen LogP contribution in [0.15, 0.2) is 155 Å². The third-order valence-corrected chi connectivity index (χ3v) is 9.25. The van der Waals surface area contributed by atoms with Gasteiger partial charge in [-0.25, -0.2) is 0 Å². The van der Waals surface area contributed by atoms with E-state index in [0.29, 0.717) is 0 Å². The van der Waals surface area contributed by atoms with Crippen LogP contribution in [-0.4, -0.2) is 0 Å². The molecule has 8 rings (SSSR count). The molecule has 214 valence electrons. The second kappa shape index (κ2) is 12.5. The standard InChI is InChI=1S/C38H24Br2N2.2BrH/c39-31-9-1-25(2-10-31)27-17-21-41(22-18-27)35-15-7-29-6-14-34-36(16-8-30-5-13-33(35)37(29)38(30)34)42-23-19-28(20-24-42)26-3-11-32(40)12-4-26;;/h1-24H;2*1H/q+2;;/p-2. The first-order chi connectivity index (χ1) is 20.6. The molecule has 8 aromatic rings. The Morgan fingerprint density at radius 3 is 1.02 bits per heavy atom. The third kappa shape index (κ3) is 5.39. The molecule has 0 amide bonds. The minimum absolute atomic E-state index is 0. The quantitative estimate of drug-likeness (QED) is 0.188. The van der Waals surface area contributed by atoms with E-state index in [1.165, 1.54) is 65.9 Å². The number of halogens is 4. The summed E-state index contributed by atoms with van der Waals surface area (Å²) in [7, 11) is 0. The number of rotatable bonds is 4. The average molecular weight is 828 g/mol. The lowest BCUT2D eigenvalue weighted by molar-refractivity contribution is -0.594. The number of hydrogen-bond donors (Lipinski definition) is 0. The van der Waals surface area contributed by atoms with E-state index in [4.69, 9.17) is 0 Å². The summed E-state index contributed by atoms with van der Waals surface area (Å²) in [5, 5.41) is 7.62. The van der Waals surface area contributed by atoms with Crippen molar-refractivity contribution in [2.75, 3.05) is 0 Å². The van der Waals surface area contributed by atoms with Crippen molar-refractivity contribution in [3.8, 4) is 33.6 Å². The van der Waals surface area contributed by atoms with Crippen LogP contribution in [0.3, 0.4) is 0 Å². The van der Waals surface area contributed by atoms with E-state index in [2.05, 4.69) is 187 Å². The maximum absolute atomic E-state index is 3.54. The molecule has 0 radical (unpaired) electrons. The van der Waals surface area contributed by atoms with Gasteiger partial charge in [0, 0.05) is 56.1 Å². The Kier molecular flexibility index (Phi) is 8.71. The Balaban J connectivity index is 0.00000171. The van der Waals surface area contributed by atoms with Crippen LogP contribution in [0, 0.1) is 0 Å². The van der Waals surface area contributed by atoms with Gasteiger partial charge >= 0.3 is 0 Å². The predicted octanol–water partition coefficient (Wildman–Crippen LogP) is 4.00. The van der Waals surface area contributed by atoms with Gasteiger partial charge in [0.05, 0.1) is 10.8 Å². The van der Waals surface area contributed by atoms with Crippen molar-refractivity contribution >= 4 is 64.2 Å². The molecule has 0 unspecified atom stereocenters. The van der Waals surface area contributed by atoms with Crippen LogP contribution >= 0.6 is 31.9 Å². The second-order valence-electron chi connectivity index (χ2n) is 10.6. The summed E-state index contributed by atoms with van der Waals surface area (Å²) < 4.78 is 6.63. The van der Waals surface area contributed by atoms with Crippen molar-refractivity contribution in [1.82, 2.24) is 0 Å². The summed E-state index contributed by atoms with van der Waals surface area (Å²) in [6.45, 7) is 0. The molecule has 0 aliphatic rings. The van der Waals surface area contributed by atoms with E-state index in [1.807, 2.05) is 0 Å². The van der Waals surface area contributed by atoms with Gasteiger partial charge in [-0.15, -0.1) is 0 Å². The van der Waals surface area contributed by atoms with Crippen LogP contribution in [0.25, 0.3) is 65.9 Å². The highest BCUT2D eigenvalue weighted by Crippen LogP contribution is 2.37. The Hall–Kier alpha value is -3.42. The van der Waals surface area contributed by atoms with E-state index in [1.54, 1.807) is 0 Å². The fourth-order valence-electron chi connectivity index (χ4n) is 6.06. The molecule has 44 heavy (non-hydrogen) atoms. The zero-order valence-corrected chi connectivity index (χ0v) is 29.6. The molecule has 0 saturated carbocycles. The molecule has 0 atom stereocenters. The molecule has 2 heterocycles. The lowest BCUT2D eigenvalue weighted by atomic mass is 9.92. The molecule has 2 aromatic heterocycles. The number of aromatic nitrogens is 2. The van der Waals surface area contributed by atoms with Crippen LogP contribution in [0.5, 0.6) is 0 Å². The minimum Gasteiger partial charge on any atom is -1.00 e. The molecule has 6 aromatic carbocycles. The van der Waals surface area contributed by atoms with Crippen LogP contribution in [0.2, 0.25) is 0 Å². The summed E-state index contributed by atoms with van der Waals surface area (Å²) in [5.74, 6) is 0. The van der Waals surface area contributed by atoms with Gasteiger partial charge in [0.2, 0.25) is 11.4 Å². The van der Waals surface area contributed by atoms with Crippen molar-refractivity contribution in [1.29, 1.82) is 0 Å². The zero-order valence-electron chi connectivity index (χ0n) is 23.3. The molecule has 2 nitrogen and oxygen atoms in total. The summed E-state index contributed by atoms with van der Waals surface area (Å²) in [6, 6.07) is 43.7. The predicted molar refractivity (Wildman–Crippen MR) is 179 cm³/mol. The van der Waals surface area contributed by atoms with Crippen LogP contribution in [-0.2, 0) is 0 Å². The Labute approximate surface area is 293 Å². The van der Waals surface area contributed by atoms with E-state index in [9.17, 15) is 0 Å². The SMILES string of the molecule is Brc1ccc(-c2cc[n+](-c3ccc4ccc5c(-[n+]6ccc(-c7ccc(Br)cc7)cc6)ccc6ccc3c4c65)cc2)cc1.[Br-].[Br-]. The highest BCUT2D eigenvalue weighted by Gasteiger charge is 2.20. The van der Waals surface area contributed by atoms with Crippen LogP contribution in [0.1, 0.15) is 0 Å². The lowest BCUT2D eigenvalue weighted by Crippen LogP contribution is -3.00. The number of nitrogens with zero attached hydrogens (tertiary/aromatic N) is 2. The molecule has 6 heteroatoms. The first kappa shape index (κ1) is 30.6. The normalized spacial score (nSPS) is 11.0. The molecular weight excluding hydrogens is 804 g/mol. The van der Waals surface area contributed by atoms with Gasteiger partial charge in [-0.3, -0.25) is 0 Å². The van der Waals surface area contributed by atoms with Crippen molar-refractivity contribution in [3.05, 3.63) is 155 Å². The fourth-order valence-corrected chi connectivity index (χ4v) is 6.59. The number of pyridine rings is 2. The largest absolute Gasteiger partial charge is 1.00 e. The van der Waals surface area contributed by atoms with Gasteiger partial charge in [-0.2, -0.15) is 9.13 Å². The summed E-state index contributed by atoms with van der Waals surface area (Å²) in [6.07, 6.45) is 8.66. The molecule has 0 spiro atoms. The van der Waals surface area contributed by atoms with Crippen LogP contribution < -0.4 is 43.1 Å². The minimum atomic E-state index is 0. The second-order valence-corrected chi connectivity index (χ2v) is 12.4. The molecular formula is C38H24Br4N2. The summed E-state index contributed by atoms with van der Waals surface area (Å²) in [5.41, 5.74) is 7.16. The van der Waals surface area contributed by atoms with Gasteiger partial charge in [-0.05, 0) is 81.6 Å². The van der Waals surface area contributed by atoms with Crippen molar-refractivity contribution < 1.29 is 43.1 Å². The van der Waals surface area contributed by atoms with E-state index in [-0.39, 0.29) is 34.0 Å². The number of benzene rings is 6. The fraction of sp³-hybridized carbons (Fsp3) is 0. The third-order valence-electron chi connectivity index (χ3n) is 8.19. The van der Waals surface area contributed by atoms with Gasteiger partial charge < -0.3 is 34.0 Å². The molecule has 0 aliphatic carbocycles. The highest BCUT2D eigenvalue weighted by atomic mass is 79.9. The lowest BCUT2D eigenvalue weighted by Gasteiger charge is -2.12. The van der Waals surface area contributed by atoms with Crippen molar-refractivity contribution in [2.24, 2.45) is 0 Å². The topological polar surface area (TPSA) is 7.76 Å². The molecule has 0 N–H and O–H groups in total. The monoisotopic (exact) mass is 824 g/mol. The first-order valence-corrected chi connectivity index (χ1v) is 15.5. The van der Waals surface area contributed by atoms with E-state index >= 15 is 0 Å². The highest BCUT2D eigenvalue weighted by molar-refractivity contribution is 9.10. The number of hydrogen-bond acceptors (Lipinski definition) is 0. The zero-order chi connectivity index (χ0) is 28.2. The summed E-state index contributed by atoms with van der Waals surface area (Å²) in [4.78, 5) is 0. The Bertz CT molecular complexity index is 2070. The van der Waals surface area contributed by atoms with Gasteiger partial charge in [0.25, 0.3) is 0 Å². The van der Waals surface area contributed by atoms with Crippen molar-refractivity contribution in [2.45, 2.75) is 0 Å². The molecule has 0 aliphatic heterocycles. The Morgan fingerprint density at radius 2 is 0.659 bits per heavy atom. The Morgan fingerprint density at radius 1 is 0.341 bits per heavy atom. The van der Waals surface area contributed by atoms with Crippen LogP contribution in [0.4, 0.5) is 0 Å². The smallest absolute Gasteiger partial charge is 0.218 e. The van der Waals surface area contributed by atoms with E-state index < -0.39 is 0 Å². The summed E-state index contributed by atoms with van der Waals surface area (Å²) >= 11 is 7.07. The molecule has 0 bridgehead atoms. The maximum atomic E-state index is 3.54.